The van der Waals surface area contributed by atoms with Gasteiger partial charge in [0.25, 0.3) is 0 Å². The summed E-state index contributed by atoms with van der Waals surface area (Å²) in [4.78, 5) is 29.5. The largest absolute Gasteiger partial charge is 0.342 e. The third-order valence-electron chi connectivity index (χ3n) is 5.50. The van der Waals surface area contributed by atoms with Crippen LogP contribution in [0.3, 0.4) is 0 Å². The van der Waals surface area contributed by atoms with Crippen LogP contribution in [0.5, 0.6) is 0 Å². The van der Waals surface area contributed by atoms with Crippen molar-refractivity contribution in [2.24, 2.45) is 11.7 Å². The van der Waals surface area contributed by atoms with Gasteiger partial charge >= 0.3 is 0 Å². The first-order valence-electron chi connectivity index (χ1n) is 9.51. The van der Waals surface area contributed by atoms with E-state index in [1.807, 2.05) is 40.1 Å². The van der Waals surface area contributed by atoms with Crippen molar-refractivity contribution in [3.05, 3.63) is 35.9 Å². The van der Waals surface area contributed by atoms with Crippen molar-refractivity contribution in [2.75, 3.05) is 26.2 Å². The maximum atomic E-state index is 13.0. The van der Waals surface area contributed by atoms with Crippen LogP contribution in [0, 0.1) is 5.92 Å². The summed E-state index contributed by atoms with van der Waals surface area (Å²) < 4.78 is 0. The molecule has 2 unspecified atom stereocenters. The Bertz CT molecular complexity index is 590. The molecule has 2 aliphatic rings. The Morgan fingerprint density at radius 1 is 1.04 bits per heavy atom. The standard InChI is InChI=1S/C20H29N3O2/c21-14-18-10-4-5-12-23(18)20(25)17-9-6-11-22(15-17)19(24)13-16-7-2-1-3-8-16/h1-3,7-8,17-18H,4-6,9-15,21H2. The number of piperidine rings is 2. The van der Waals surface area contributed by atoms with Crippen LogP contribution in [0.1, 0.15) is 37.7 Å². The maximum absolute atomic E-state index is 13.0. The zero-order chi connectivity index (χ0) is 17.6. The number of amides is 2. The molecule has 2 atom stereocenters. The summed E-state index contributed by atoms with van der Waals surface area (Å²) >= 11 is 0. The van der Waals surface area contributed by atoms with E-state index in [4.69, 9.17) is 5.73 Å². The van der Waals surface area contributed by atoms with E-state index in [1.165, 1.54) is 0 Å². The normalized spacial score (nSPS) is 24.2. The lowest BCUT2D eigenvalue weighted by Gasteiger charge is -2.40. The average Bonchev–Trinajstić information content (AvgIpc) is 2.68. The van der Waals surface area contributed by atoms with Gasteiger partial charge in [-0.25, -0.2) is 0 Å². The molecule has 1 aromatic rings. The molecule has 2 aliphatic heterocycles. The topological polar surface area (TPSA) is 66.6 Å². The number of nitrogens with zero attached hydrogens (tertiary/aromatic N) is 2. The molecule has 0 saturated carbocycles. The van der Waals surface area contributed by atoms with Gasteiger partial charge in [0.05, 0.1) is 12.3 Å². The smallest absolute Gasteiger partial charge is 0.227 e. The maximum Gasteiger partial charge on any atom is 0.227 e. The van der Waals surface area contributed by atoms with E-state index in [2.05, 4.69) is 0 Å². The molecule has 2 heterocycles. The molecule has 2 amide bonds. The van der Waals surface area contributed by atoms with Gasteiger partial charge in [0.15, 0.2) is 0 Å². The van der Waals surface area contributed by atoms with Crippen molar-refractivity contribution in [3.63, 3.8) is 0 Å². The molecule has 0 spiro atoms. The van der Waals surface area contributed by atoms with Crippen molar-refractivity contribution < 1.29 is 9.59 Å². The molecule has 2 N–H and O–H groups in total. The highest BCUT2D eigenvalue weighted by Gasteiger charge is 2.34. The molecule has 3 rings (SSSR count). The Balaban J connectivity index is 1.60. The summed E-state index contributed by atoms with van der Waals surface area (Å²) in [6, 6.07) is 9.99. The highest BCUT2D eigenvalue weighted by atomic mass is 16.2. The molecule has 2 fully saturated rings. The fraction of sp³-hybridized carbons (Fsp3) is 0.600. The highest BCUT2D eigenvalue weighted by Crippen LogP contribution is 2.24. The second-order valence-corrected chi connectivity index (χ2v) is 7.26. The monoisotopic (exact) mass is 343 g/mol. The molecular weight excluding hydrogens is 314 g/mol. The average molecular weight is 343 g/mol. The van der Waals surface area contributed by atoms with Crippen LogP contribution >= 0.6 is 0 Å². The number of carbonyl (C=O) groups is 2. The minimum absolute atomic E-state index is 0.0689. The van der Waals surface area contributed by atoms with Crippen LogP contribution in [0.2, 0.25) is 0 Å². The van der Waals surface area contributed by atoms with Gasteiger partial charge in [-0.05, 0) is 37.7 Å². The molecule has 5 nitrogen and oxygen atoms in total. The van der Waals surface area contributed by atoms with E-state index in [-0.39, 0.29) is 23.8 Å². The van der Waals surface area contributed by atoms with Crippen LogP contribution in [0.25, 0.3) is 0 Å². The molecule has 1 aromatic carbocycles. The first-order chi connectivity index (χ1) is 12.2. The zero-order valence-electron chi connectivity index (χ0n) is 14.9. The molecule has 0 radical (unpaired) electrons. The molecule has 0 aliphatic carbocycles. The van der Waals surface area contributed by atoms with Gasteiger partial charge in [-0.1, -0.05) is 30.3 Å². The Hall–Kier alpha value is -1.88. The van der Waals surface area contributed by atoms with Crippen molar-refractivity contribution >= 4 is 11.8 Å². The van der Waals surface area contributed by atoms with E-state index in [9.17, 15) is 9.59 Å². The van der Waals surface area contributed by atoms with E-state index >= 15 is 0 Å². The lowest BCUT2D eigenvalue weighted by molar-refractivity contribution is -0.143. The van der Waals surface area contributed by atoms with Crippen LogP contribution in [0.4, 0.5) is 0 Å². The molecule has 25 heavy (non-hydrogen) atoms. The number of rotatable bonds is 4. The molecule has 2 saturated heterocycles. The zero-order valence-corrected chi connectivity index (χ0v) is 14.9. The van der Waals surface area contributed by atoms with Crippen LogP contribution in [-0.4, -0.2) is 53.8 Å². The predicted molar refractivity (Wildman–Crippen MR) is 97.9 cm³/mol. The summed E-state index contributed by atoms with van der Waals surface area (Å²) in [5.41, 5.74) is 6.89. The third kappa shape index (κ3) is 4.40. The van der Waals surface area contributed by atoms with Crippen LogP contribution in [0.15, 0.2) is 30.3 Å². The van der Waals surface area contributed by atoms with Gasteiger partial charge < -0.3 is 15.5 Å². The number of likely N-dealkylation sites (tertiary alicyclic amines) is 2. The van der Waals surface area contributed by atoms with E-state index in [0.717, 1.165) is 50.8 Å². The SMILES string of the molecule is NCC1CCCCN1C(=O)C1CCCN(C(=O)Cc2ccccc2)C1. The van der Waals surface area contributed by atoms with Gasteiger partial charge in [0.2, 0.25) is 11.8 Å². The third-order valence-corrected chi connectivity index (χ3v) is 5.50. The van der Waals surface area contributed by atoms with Crippen molar-refractivity contribution in [1.29, 1.82) is 0 Å². The summed E-state index contributed by atoms with van der Waals surface area (Å²) in [5.74, 6) is 0.255. The molecule has 0 bridgehead atoms. The number of carbonyl (C=O) groups excluding carboxylic acids is 2. The molecule has 136 valence electrons. The Kier molecular flexibility index (Phi) is 6.08. The van der Waals surface area contributed by atoms with Crippen LogP contribution < -0.4 is 5.73 Å². The minimum atomic E-state index is -0.0689. The van der Waals surface area contributed by atoms with E-state index < -0.39 is 0 Å². The van der Waals surface area contributed by atoms with Gasteiger partial charge in [-0.15, -0.1) is 0 Å². The van der Waals surface area contributed by atoms with Gasteiger partial charge in [-0.3, -0.25) is 9.59 Å². The first kappa shape index (κ1) is 17.9. The van der Waals surface area contributed by atoms with Crippen LogP contribution in [-0.2, 0) is 16.0 Å². The van der Waals surface area contributed by atoms with E-state index in [1.54, 1.807) is 0 Å². The number of hydrogen-bond donors (Lipinski definition) is 1. The summed E-state index contributed by atoms with van der Waals surface area (Å²) in [5, 5.41) is 0. The molecule has 0 aromatic heterocycles. The minimum Gasteiger partial charge on any atom is -0.342 e. The number of benzene rings is 1. The van der Waals surface area contributed by atoms with Crippen molar-refractivity contribution in [2.45, 2.75) is 44.6 Å². The lowest BCUT2D eigenvalue weighted by Crippen LogP contribution is -2.53. The fourth-order valence-electron chi connectivity index (χ4n) is 4.06. The predicted octanol–water partition coefficient (Wildman–Crippen LogP) is 1.81. The summed E-state index contributed by atoms with van der Waals surface area (Å²) in [6.07, 6.45) is 5.41. The quantitative estimate of drug-likeness (QED) is 0.907. The Morgan fingerprint density at radius 3 is 2.60 bits per heavy atom. The van der Waals surface area contributed by atoms with E-state index in [0.29, 0.717) is 19.5 Å². The molecular formula is C20H29N3O2. The van der Waals surface area contributed by atoms with Crippen molar-refractivity contribution in [1.82, 2.24) is 9.80 Å². The Morgan fingerprint density at radius 2 is 1.84 bits per heavy atom. The first-order valence-corrected chi connectivity index (χ1v) is 9.51. The Labute approximate surface area is 150 Å². The second kappa shape index (κ2) is 8.48. The summed E-state index contributed by atoms with van der Waals surface area (Å²) in [7, 11) is 0. The highest BCUT2D eigenvalue weighted by molar-refractivity contribution is 5.82. The number of hydrogen-bond acceptors (Lipinski definition) is 3. The van der Waals surface area contributed by atoms with Gasteiger partial charge in [-0.2, -0.15) is 0 Å². The lowest BCUT2D eigenvalue weighted by atomic mass is 9.93. The second-order valence-electron chi connectivity index (χ2n) is 7.26. The molecule has 5 heteroatoms. The summed E-state index contributed by atoms with van der Waals surface area (Å²) in [6.45, 7) is 2.67. The fourth-order valence-corrected chi connectivity index (χ4v) is 4.06. The van der Waals surface area contributed by atoms with Crippen molar-refractivity contribution in [3.8, 4) is 0 Å². The van der Waals surface area contributed by atoms with Gasteiger partial charge in [0, 0.05) is 32.2 Å². The number of nitrogens with two attached hydrogens (primary N) is 1. The van der Waals surface area contributed by atoms with Gasteiger partial charge in [0.1, 0.15) is 0 Å².